The van der Waals surface area contributed by atoms with E-state index in [4.69, 9.17) is 9.15 Å². The normalized spacial score (nSPS) is 23.4. The molecule has 2 amide bonds. The van der Waals surface area contributed by atoms with Crippen molar-refractivity contribution in [3.63, 3.8) is 0 Å². The zero-order valence-electron chi connectivity index (χ0n) is 12.3. The van der Waals surface area contributed by atoms with E-state index in [-0.39, 0.29) is 6.03 Å². The fraction of sp³-hybridized carbons (Fsp3) is 0.667. The fourth-order valence-electron chi connectivity index (χ4n) is 2.82. The SMILES string of the molecule is O=C(NC[C@H]1CCOC1)N1CCN(Cc2ccco2)CC1. The van der Waals surface area contributed by atoms with Gasteiger partial charge in [-0.15, -0.1) is 0 Å². The van der Waals surface area contributed by atoms with Gasteiger partial charge in [-0.05, 0) is 18.6 Å². The lowest BCUT2D eigenvalue weighted by Crippen LogP contribution is -2.52. The van der Waals surface area contributed by atoms with Gasteiger partial charge in [-0.25, -0.2) is 4.79 Å². The van der Waals surface area contributed by atoms with E-state index in [1.165, 1.54) is 0 Å². The summed E-state index contributed by atoms with van der Waals surface area (Å²) in [6.45, 7) is 6.47. The van der Waals surface area contributed by atoms with Gasteiger partial charge < -0.3 is 19.4 Å². The molecule has 21 heavy (non-hydrogen) atoms. The van der Waals surface area contributed by atoms with Gasteiger partial charge in [0.15, 0.2) is 0 Å². The maximum atomic E-state index is 12.1. The lowest BCUT2D eigenvalue weighted by molar-refractivity contribution is 0.129. The minimum atomic E-state index is 0.0551. The third kappa shape index (κ3) is 3.98. The molecule has 2 aliphatic heterocycles. The summed E-state index contributed by atoms with van der Waals surface area (Å²) in [6.07, 6.45) is 2.75. The lowest BCUT2D eigenvalue weighted by atomic mass is 10.1. The van der Waals surface area contributed by atoms with Gasteiger partial charge in [0.1, 0.15) is 5.76 Å². The molecule has 2 fully saturated rings. The smallest absolute Gasteiger partial charge is 0.317 e. The number of hydrogen-bond acceptors (Lipinski definition) is 4. The molecule has 0 bridgehead atoms. The molecule has 0 spiro atoms. The van der Waals surface area contributed by atoms with Crippen molar-refractivity contribution in [3.05, 3.63) is 24.2 Å². The van der Waals surface area contributed by atoms with Gasteiger partial charge in [-0.3, -0.25) is 4.90 Å². The first-order valence-electron chi connectivity index (χ1n) is 7.66. The average molecular weight is 293 g/mol. The van der Waals surface area contributed by atoms with E-state index in [2.05, 4.69) is 10.2 Å². The molecule has 3 rings (SSSR count). The number of amides is 2. The van der Waals surface area contributed by atoms with Gasteiger partial charge in [0.05, 0.1) is 19.4 Å². The molecule has 1 N–H and O–H groups in total. The van der Waals surface area contributed by atoms with Crippen molar-refractivity contribution in [1.82, 2.24) is 15.1 Å². The van der Waals surface area contributed by atoms with Crippen molar-refractivity contribution in [1.29, 1.82) is 0 Å². The van der Waals surface area contributed by atoms with Crippen LogP contribution in [-0.2, 0) is 11.3 Å². The Morgan fingerprint density at radius 1 is 1.33 bits per heavy atom. The summed E-state index contributed by atoms with van der Waals surface area (Å²) in [5, 5.41) is 3.02. The molecule has 0 radical (unpaired) electrons. The average Bonchev–Trinajstić information content (AvgIpc) is 3.19. The van der Waals surface area contributed by atoms with E-state index >= 15 is 0 Å². The first-order chi connectivity index (χ1) is 10.3. The van der Waals surface area contributed by atoms with Crippen LogP contribution in [0.3, 0.4) is 0 Å². The Hall–Kier alpha value is -1.53. The highest BCUT2D eigenvalue weighted by atomic mass is 16.5. The van der Waals surface area contributed by atoms with Gasteiger partial charge in [0, 0.05) is 45.2 Å². The molecule has 1 aromatic rings. The van der Waals surface area contributed by atoms with Crippen LogP contribution in [0.5, 0.6) is 0 Å². The third-order valence-corrected chi connectivity index (χ3v) is 4.19. The Labute approximate surface area is 125 Å². The van der Waals surface area contributed by atoms with Crippen LogP contribution >= 0.6 is 0 Å². The van der Waals surface area contributed by atoms with E-state index in [0.29, 0.717) is 5.92 Å². The molecule has 3 heterocycles. The number of ether oxygens (including phenoxy) is 1. The Balaban J connectivity index is 1.37. The zero-order valence-corrected chi connectivity index (χ0v) is 12.3. The van der Waals surface area contributed by atoms with Crippen LogP contribution in [0.4, 0.5) is 4.79 Å². The number of hydrogen-bond donors (Lipinski definition) is 1. The van der Waals surface area contributed by atoms with Crippen molar-refractivity contribution >= 4 is 6.03 Å². The molecule has 1 aromatic heterocycles. The van der Waals surface area contributed by atoms with Crippen LogP contribution in [0.1, 0.15) is 12.2 Å². The van der Waals surface area contributed by atoms with Crippen molar-refractivity contribution in [2.75, 3.05) is 45.9 Å². The molecule has 2 aliphatic rings. The number of carbonyl (C=O) groups excluding carboxylic acids is 1. The number of carbonyl (C=O) groups is 1. The summed E-state index contributed by atoms with van der Waals surface area (Å²) in [6, 6.07) is 3.95. The number of nitrogens with one attached hydrogen (secondary N) is 1. The first kappa shape index (κ1) is 14.4. The fourth-order valence-corrected chi connectivity index (χ4v) is 2.82. The number of furan rings is 1. The molecule has 0 aromatic carbocycles. The minimum absolute atomic E-state index is 0.0551. The summed E-state index contributed by atoms with van der Waals surface area (Å²) < 4.78 is 10.7. The Kier molecular flexibility index (Phi) is 4.77. The summed E-state index contributed by atoms with van der Waals surface area (Å²) in [4.78, 5) is 16.3. The van der Waals surface area contributed by atoms with Crippen molar-refractivity contribution in [2.45, 2.75) is 13.0 Å². The van der Waals surface area contributed by atoms with Crippen LogP contribution in [0.2, 0.25) is 0 Å². The lowest BCUT2D eigenvalue weighted by Gasteiger charge is -2.34. The molecular weight excluding hydrogens is 270 g/mol. The Morgan fingerprint density at radius 3 is 2.86 bits per heavy atom. The van der Waals surface area contributed by atoms with Gasteiger partial charge in [0.25, 0.3) is 0 Å². The maximum absolute atomic E-state index is 12.1. The van der Waals surface area contributed by atoms with Crippen LogP contribution in [0.25, 0.3) is 0 Å². The Morgan fingerprint density at radius 2 is 2.19 bits per heavy atom. The largest absolute Gasteiger partial charge is 0.468 e. The molecular formula is C15H23N3O3. The molecule has 1 atom stereocenters. The molecule has 0 unspecified atom stereocenters. The predicted molar refractivity (Wildman–Crippen MR) is 77.9 cm³/mol. The minimum Gasteiger partial charge on any atom is -0.468 e. The number of nitrogens with zero attached hydrogens (tertiary/aromatic N) is 2. The standard InChI is InChI=1S/C15H23N3O3/c19-15(16-10-13-3-9-20-12-13)18-6-4-17(5-7-18)11-14-2-1-8-21-14/h1-2,8,13H,3-7,9-12H2,(H,16,19)/t13-/m1/s1. The van der Waals surface area contributed by atoms with Crippen LogP contribution < -0.4 is 5.32 Å². The topological polar surface area (TPSA) is 58.0 Å². The third-order valence-electron chi connectivity index (χ3n) is 4.19. The van der Waals surface area contributed by atoms with E-state index in [1.807, 2.05) is 17.0 Å². The van der Waals surface area contributed by atoms with Crippen LogP contribution in [-0.4, -0.2) is 61.8 Å². The van der Waals surface area contributed by atoms with Crippen LogP contribution in [0.15, 0.2) is 22.8 Å². The summed E-state index contributed by atoms with van der Waals surface area (Å²) in [5.74, 6) is 1.46. The highest BCUT2D eigenvalue weighted by Crippen LogP contribution is 2.12. The second-order valence-corrected chi connectivity index (χ2v) is 5.76. The molecule has 6 heteroatoms. The van der Waals surface area contributed by atoms with E-state index in [1.54, 1.807) is 6.26 Å². The number of rotatable bonds is 4. The van der Waals surface area contributed by atoms with Gasteiger partial charge in [-0.1, -0.05) is 0 Å². The van der Waals surface area contributed by atoms with E-state index < -0.39 is 0 Å². The highest BCUT2D eigenvalue weighted by Gasteiger charge is 2.23. The molecule has 116 valence electrons. The van der Waals surface area contributed by atoms with Crippen LogP contribution in [0, 0.1) is 5.92 Å². The monoisotopic (exact) mass is 293 g/mol. The quantitative estimate of drug-likeness (QED) is 0.904. The summed E-state index contributed by atoms with van der Waals surface area (Å²) in [5.41, 5.74) is 0. The summed E-state index contributed by atoms with van der Waals surface area (Å²) >= 11 is 0. The van der Waals surface area contributed by atoms with E-state index in [0.717, 1.165) is 64.7 Å². The van der Waals surface area contributed by atoms with Crippen molar-refractivity contribution in [2.24, 2.45) is 5.92 Å². The van der Waals surface area contributed by atoms with Crippen molar-refractivity contribution in [3.8, 4) is 0 Å². The Bertz CT molecular complexity index is 435. The zero-order chi connectivity index (χ0) is 14.5. The highest BCUT2D eigenvalue weighted by molar-refractivity contribution is 5.74. The molecule has 6 nitrogen and oxygen atoms in total. The van der Waals surface area contributed by atoms with Gasteiger partial charge >= 0.3 is 6.03 Å². The molecule has 0 saturated carbocycles. The second kappa shape index (κ2) is 6.95. The van der Waals surface area contributed by atoms with Gasteiger partial charge in [0.2, 0.25) is 0 Å². The van der Waals surface area contributed by atoms with E-state index in [9.17, 15) is 4.79 Å². The molecule has 2 saturated heterocycles. The van der Waals surface area contributed by atoms with Crippen molar-refractivity contribution < 1.29 is 13.9 Å². The number of urea groups is 1. The summed E-state index contributed by atoms with van der Waals surface area (Å²) in [7, 11) is 0. The molecule has 0 aliphatic carbocycles. The number of piperazine rings is 1. The second-order valence-electron chi connectivity index (χ2n) is 5.76. The maximum Gasteiger partial charge on any atom is 0.317 e. The van der Waals surface area contributed by atoms with Gasteiger partial charge in [-0.2, -0.15) is 0 Å². The first-order valence-corrected chi connectivity index (χ1v) is 7.66. The predicted octanol–water partition coefficient (Wildman–Crippen LogP) is 1.14.